The molecule has 0 radical (unpaired) electrons. The van der Waals surface area contributed by atoms with Gasteiger partial charge in [-0.1, -0.05) is 62.4 Å². The summed E-state index contributed by atoms with van der Waals surface area (Å²) in [4.78, 5) is 17.3. The van der Waals surface area contributed by atoms with Crippen molar-refractivity contribution in [2.75, 3.05) is 13.2 Å². The molecule has 1 aromatic heterocycles. The number of hydrogen-bond donors (Lipinski definition) is 1. The number of para-hydroxylation sites is 2. The fourth-order valence-corrected chi connectivity index (χ4v) is 4.43. The Morgan fingerprint density at radius 2 is 1.72 bits per heavy atom. The van der Waals surface area contributed by atoms with Gasteiger partial charge in [0.15, 0.2) is 0 Å². The van der Waals surface area contributed by atoms with Crippen LogP contribution in [-0.4, -0.2) is 28.6 Å². The van der Waals surface area contributed by atoms with E-state index in [9.17, 15) is 4.79 Å². The fraction of sp³-hybridized carbons (Fsp3) is 0.355. The fourth-order valence-electron chi connectivity index (χ4n) is 4.43. The molecule has 0 unspecified atom stereocenters. The third-order valence-corrected chi connectivity index (χ3v) is 6.61. The van der Waals surface area contributed by atoms with E-state index >= 15 is 0 Å². The molecule has 4 aromatic rings. The van der Waals surface area contributed by atoms with E-state index in [1.807, 2.05) is 37.3 Å². The monoisotopic (exact) mass is 483 g/mol. The molecule has 0 aliphatic carbocycles. The third-order valence-electron chi connectivity index (χ3n) is 6.61. The van der Waals surface area contributed by atoms with E-state index in [4.69, 9.17) is 9.72 Å². The standard InChI is InChI=1S/C31H37N3O2/c1-23(2)25-14-16-27(17-15-25)36-21-9-8-20-34-29-13-7-6-12-28(29)33-30(34)18-19-32-31(35)22-26-11-5-4-10-24(26)3/h4-7,10-17,23H,8-9,18-22H2,1-3H3,(H,32,35). The van der Waals surface area contributed by atoms with Crippen LogP contribution in [0, 0.1) is 6.92 Å². The molecule has 0 saturated carbocycles. The molecule has 188 valence electrons. The lowest BCUT2D eigenvalue weighted by Gasteiger charge is -2.12. The van der Waals surface area contributed by atoms with Crippen LogP contribution >= 0.6 is 0 Å². The second-order valence-electron chi connectivity index (χ2n) is 9.65. The molecule has 0 atom stereocenters. The summed E-state index contributed by atoms with van der Waals surface area (Å²) in [5.74, 6) is 2.51. The average molecular weight is 484 g/mol. The number of nitrogens with one attached hydrogen (secondary N) is 1. The van der Waals surface area contributed by atoms with Crippen molar-refractivity contribution < 1.29 is 9.53 Å². The summed E-state index contributed by atoms with van der Waals surface area (Å²) in [6.45, 7) is 8.58. The Labute approximate surface area is 214 Å². The van der Waals surface area contributed by atoms with Crippen LogP contribution in [0.25, 0.3) is 11.0 Å². The van der Waals surface area contributed by atoms with Crippen molar-refractivity contribution in [2.24, 2.45) is 0 Å². The minimum Gasteiger partial charge on any atom is -0.494 e. The van der Waals surface area contributed by atoms with Gasteiger partial charge in [0.1, 0.15) is 11.6 Å². The van der Waals surface area contributed by atoms with Crippen molar-refractivity contribution in [3.05, 3.63) is 95.3 Å². The van der Waals surface area contributed by atoms with Gasteiger partial charge < -0.3 is 14.6 Å². The quantitative estimate of drug-likeness (QED) is 0.243. The molecular formula is C31H37N3O2. The SMILES string of the molecule is Cc1ccccc1CC(=O)NCCc1nc2ccccc2n1CCCCOc1ccc(C(C)C)cc1. The number of ether oxygens (including phenoxy) is 1. The van der Waals surface area contributed by atoms with E-state index in [1.165, 1.54) is 5.56 Å². The minimum atomic E-state index is 0.0468. The Balaban J connectivity index is 1.28. The van der Waals surface area contributed by atoms with Crippen LogP contribution in [0.3, 0.4) is 0 Å². The van der Waals surface area contributed by atoms with Gasteiger partial charge in [-0.05, 0) is 66.6 Å². The first-order valence-electron chi connectivity index (χ1n) is 13.0. The topological polar surface area (TPSA) is 56.2 Å². The lowest BCUT2D eigenvalue weighted by molar-refractivity contribution is -0.120. The van der Waals surface area contributed by atoms with Crippen LogP contribution in [-0.2, 0) is 24.2 Å². The van der Waals surface area contributed by atoms with Gasteiger partial charge in [-0.15, -0.1) is 0 Å². The summed E-state index contributed by atoms with van der Waals surface area (Å²) < 4.78 is 8.25. The minimum absolute atomic E-state index is 0.0468. The molecular weight excluding hydrogens is 446 g/mol. The van der Waals surface area contributed by atoms with Gasteiger partial charge in [-0.2, -0.15) is 0 Å². The first-order valence-corrected chi connectivity index (χ1v) is 13.0. The number of hydrogen-bond acceptors (Lipinski definition) is 3. The van der Waals surface area contributed by atoms with Gasteiger partial charge in [0.05, 0.1) is 24.1 Å². The second-order valence-corrected chi connectivity index (χ2v) is 9.65. The highest BCUT2D eigenvalue weighted by atomic mass is 16.5. The Kier molecular flexibility index (Phi) is 8.77. The van der Waals surface area contributed by atoms with Gasteiger partial charge in [-0.25, -0.2) is 4.98 Å². The number of benzene rings is 3. The molecule has 4 rings (SSSR count). The maximum Gasteiger partial charge on any atom is 0.224 e. The van der Waals surface area contributed by atoms with Crippen molar-refractivity contribution >= 4 is 16.9 Å². The first-order chi connectivity index (χ1) is 17.5. The van der Waals surface area contributed by atoms with E-state index in [-0.39, 0.29) is 5.91 Å². The molecule has 0 aliphatic rings. The number of aromatic nitrogens is 2. The zero-order valence-electron chi connectivity index (χ0n) is 21.7. The molecule has 0 bridgehead atoms. The van der Waals surface area contributed by atoms with Gasteiger partial charge in [-0.3, -0.25) is 4.79 Å². The van der Waals surface area contributed by atoms with Crippen molar-refractivity contribution in [3.8, 4) is 5.75 Å². The van der Waals surface area contributed by atoms with Gasteiger partial charge in [0.25, 0.3) is 0 Å². The number of amides is 1. The molecule has 1 N–H and O–H groups in total. The molecule has 36 heavy (non-hydrogen) atoms. The number of nitrogens with zero attached hydrogens (tertiary/aromatic N) is 2. The smallest absolute Gasteiger partial charge is 0.224 e. The highest BCUT2D eigenvalue weighted by Crippen LogP contribution is 2.20. The summed E-state index contributed by atoms with van der Waals surface area (Å²) in [6, 6.07) is 24.7. The number of rotatable bonds is 12. The molecule has 5 nitrogen and oxygen atoms in total. The summed E-state index contributed by atoms with van der Waals surface area (Å²) in [5.41, 5.74) is 5.68. The second kappa shape index (κ2) is 12.4. The van der Waals surface area contributed by atoms with Crippen LogP contribution in [0.5, 0.6) is 5.75 Å². The Morgan fingerprint density at radius 1 is 0.972 bits per heavy atom. The van der Waals surface area contributed by atoms with Crippen LogP contribution in [0.15, 0.2) is 72.8 Å². The van der Waals surface area contributed by atoms with E-state index in [1.54, 1.807) is 0 Å². The van der Waals surface area contributed by atoms with E-state index in [0.29, 0.717) is 31.9 Å². The maximum atomic E-state index is 12.5. The van der Waals surface area contributed by atoms with Gasteiger partial charge >= 0.3 is 0 Å². The van der Waals surface area contributed by atoms with Gasteiger partial charge in [0, 0.05) is 19.5 Å². The molecule has 3 aromatic carbocycles. The summed E-state index contributed by atoms with van der Waals surface area (Å²) in [6.07, 6.45) is 3.07. The average Bonchev–Trinajstić information content (AvgIpc) is 3.23. The highest BCUT2D eigenvalue weighted by Gasteiger charge is 2.11. The normalized spacial score (nSPS) is 11.2. The van der Waals surface area contributed by atoms with Crippen molar-refractivity contribution in [1.29, 1.82) is 0 Å². The Bertz CT molecular complexity index is 1270. The summed E-state index contributed by atoms with van der Waals surface area (Å²) >= 11 is 0. The van der Waals surface area contributed by atoms with E-state index < -0.39 is 0 Å². The zero-order valence-corrected chi connectivity index (χ0v) is 21.7. The number of carbonyl (C=O) groups is 1. The highest BCUT2D eigenvalue weighted by molar-refractivity contribution is 5.79. The largest absolute Gasteiger partial charge is 0.494 e. The number of aryl methyl sites for hydroxylation is 2. The molecule has 0 fully saturated rings. The van der Waals surface area contributed by atoms with Crippen molar-refractivity contribution in [2.45, 2.75) is 58.9 Å². The Hall–Kier alpha value is -3.60. The van der Waals surface area contributed by atoms with E-state index in [0.717, 1.165) is 53.1 Å². The molecule has 0 aliphatic heterocycles. The van der Waals surface area contributed by atoms with Crippen LogP contribution in [0.1, 0.15) is 55.1 Å². The number of carbonyl (C=O) groups excluding carboxylic acids is 1. The molecule has 1 amide bonds. The van der Waals surface area contributed by atoms with Crippen LogP contribution in [0.2, 0.25) is 0 Å². The molecule has 1 heterocycles. The first kappa shape index (κ1) is 25.5. The van der Waals surface area contributed by atoms with Crippen LogP contribution < -0.4 is 10.1 Å². The molecule has 5 heteroatoms. The lowest BCUT2D eigenvalue weighted by atomic mass is 10.0. The van der Waals surface area contributed by atoms with Crippen molar-refractivity contribution in [3.63, 3.8) is 0 Å². The predicted molar refractivity (Wildman–Crippen MR) is 147 cm³/mol. The van der Waals surface area contributed by atoms with Crippen LogP contribution in [0.4, 0.5) is 0 Å². The molecule has 0 spiro atoms. The summed E-state index contributed by atoms with van der Waals surface area (Å²) in [5, 5.41) is 3.07. The predicted octanol–water partition coefficient (Wildman–Crippen LogP) is 6.23. The lowest BCUT2D eigenvalue weighted by Crippen LogP contribution is -2.28. The summed E-state index contributed by atoms with van der Waals surface area (Å²) in [7, 11) is 0. The maximum absolute atomic E-state index is 12.5. The number of imidazole rings is 1. The number of unbranched alkanes of at least 4 members (excludes halogenated alkanes) is 1. The Morgan fingerprint density at radius 3 is 2.50 bits per heavy atom. The number of fused-ring (bicyclic) bond motifs is 1. The van der Waals surface area contributed by atoms with Gasteiger partial charge in [0.2, 0.25) is 5.91 Å². The molecule has 0 saturated heterocycles. The third kappa shape index (κ3) is 6.75. The van der Waals surface area contributed by atoms with E-state index in [2.05, 4.69) is 66.2 Å². The van der Waals surface area contributed by atoms with Crippen molar-refractivity contribution in [1.82, 2.24) is 14.9 Å². The zero-order chi connectivity index (χ0) is 25.3.